The third kappa shape index (κ3) is 4.27. The summed E-state index contributed by atoms with van der Waals surface area (Å²) >= 11 is 1.40. The number of thiophene rings is 1. The molecule has 1 aliphatic heterocycles. The zero-order chi connectivity index (χ0) is 23.1. The van der Waals surface area contributed by atoms with Gasteiger partial charge in [-0.05, 0) is 43.0 Å². The normalized spacial score (nSPS) is 26.8. The van der Waals surface area contributed by atoms with Crippen molar-refractivity contribution in [2.75, 3.05) is 13.1 Å². The van der Waals surface area contributed by atoms with Crippen LogP contribution >= 0.6 is 11.3 Å². The minimum Gasteiger partial charge on any atom is -0.387 e. The molecule has 2 saturated carbocycles. The molecule has 3 heterocycles. The van der Waals surface area contributed by atoms with Gasteiger partial charge >= 0.3 is 0 Å². The molecule has 1 amide bonds. The first-order valence-corrected chi connectivity index (χ1v) is 13.7. The van der Waals surface area contributed by atoms with Crippen LogP contribution in [0.5, 0.6) is 0 Å². The van der Waals surface area contributed by atoms with Gasteiger partial charge in [-0.3, -0.25) is 14.2 Å². The molecule has 1 N–H and O–H groups in total. The monoisotopic (exact) mass is 471 g/mol. The Morgan fingerprint density at radius 1 is 1.21 bits per heavy atom. The van der Waals surface area contributed by atoms with Gasteiger partial charge in [0.25, 0.3) is 5.56 Å². The lowest BCUT2D eigenvalue weighted by atomic mass is 9.65. The minimum atomic E-state index is -0.997. The highest BCUT2D eigenvalue weighted by Crippen LogP contribution is 2.51. The molecule has 2 aromatic heterocycles. The summed E-state index contributed by atoms with van der Waals surface area (Å²) in [5.74, 6) is 0.991. The maximum atomic E-state index is 13.4. The van der Waals surface area contributed by atoms with Gasteiger partial charge in [0.1, 0.15) is 4.70 Å². The maximum Gasteiger partial charge on any atom is 0.271 e. The molecule has 5 rings (SSSR count). The number of aromatic nitrogens is 2. The van der Waals surface area contributed by atoms with Crippen LogP contribution in [0.4, 0.5) is 0 Å². The van der Waals surface area contributed by atoms with Gasteiger partial charge in [-0.15, -0.1) is 11.3 Å². The average Bonchev–Trinajstić information content (AvgIpc) is 3.49. The van der Waals surface area contributed by atoms with Crippen LogP contribution in [0.25, 0.3) is 10.2 Å². The van der Waals surface area contributed by atoms with E-state index in [2.05, 4.69) is 11.9 Å². The Hall–Kier alpha value is -1.73. The van der Waals surface area contributed by atoms with Crippen molar-refractivity contribution in [3.8, 4) is 0 Å². The number of nitrogens with zero attached hydrogens (tertiary/aromatic N) is 3. The predicted molar refractivity (Wildman–Crippen MR) is 131 cm³/mol. The maximum absolute atomic E-state index is 13.4. The second-order valence-electron chi connectivity index (χ2n) is 11.0. The van der Waals surface area contributed by atoms with Crippen LogP contribution in [0.15, 0.2) is 22.6 Å². The summed E-state index contributed by atoms with van der Waals surface area (Å²) in [5, 5.41) is 13.9. The topological polar surface area (TPSA) is 75.4 Å². The first-order valence-electron chi connectivity index (χ1n) is 12.8. The standard InChI is InChI=1S/C26H37N3O3S/c1-19(15-20-7-3-2-4-8-20)23(30)28-13-12-26(32,25(16-28)10-5-6-11-25)17-29-18-27-21-9-14-33-22(21)24(29)31/h9,14,18-20,32H,2-8,10-13,15-17H2,1H3/t19-,26?/m1/s1. The molecule has 3 fully saturated rings. The molecule has 33 heavy (non-hydrogen) atoms. The van der Waals surface area contributed by atoms with E-state index < -0.39 is 5.60 Å². The first kappa shape index (κ1) is 23.0. The summed E-state index contributed by atoms with van der Waals surface area (Å²) in [6.45, 7) is 3.53. The van der Waals surface area contributed by atoms with E-state index in [1.807, 2.05) is 16.3 Å². The number of fused-ring (bicyclic) bond motifs is 1. The Morgan fingerprint density at radius 2 is 1.97 bits per heavy atom. The van der Waals surface area contributed by atoms with Gasteiger partial charge in [0.2, 0.25) is 5.91 Å². The predicted octanol–water partition coefficient (Wildman–Crippen LogP) is 4.59. The molecule has 2 atom stereocenters. The van der Waals surface area contributed by atoms with E-state index in [-0.39, 0.29) is 29.3 Å². The van der Waals surface area contributed by atoms with E-state index in [4.69, 9.17) is 0 Å². The zero-order valence-corrected chi connectivity index (χ0v) is 20.6. The number of likely N-dealkylation sites (tertiary alicyclic amines) is 1. The van der Waals surface area contributed by atoms with E-state index in [0.29, 0.717) is 30.1 Å². The molecule has 0 bridgehead atoms. The Labute approximate surface area is 200 Å². The molecule has 1 saturated heterocycles. The SMILES string of the molecule is C[C@H](CC1CCCCC1)C(=O)N1CCC(O)(Cn2cnc3ccsc3c2=O)C2(CCCC2)C1. The fourth-order valence-electron chi connectivity index (χ4n) is 6.90. The lowest BCUT2D eigenvalue weighted by molar-refractivity contribution is -0.163. The number of amides is 1. The second-order valence-corrected chi connectivity index (χ2v) is 11.9. The molecule has 0 radical (unpaired) electrons. The van der Waals surface area contributed by atoms with Gasteiger partial charge in [-0.2, -0.15) is 0 Å². The fourth-order valence-corrected chi connectivity index (χ4v) is 7.69. The lowest BCUT2D eigenvalue weighted by Gasteiger charge is -2.52. The number of hydrogen-bond acceptors (Lipinski definition) is 5. The van der Waals surface area contributed by atoms with Gasteiger partial charge in [-0.25, -0.2) is 4.98 Å². The van der Waals surface area contributed by atoms with E-state index >= 15 is 0 Å². The van der Waals surface area contributed by atoms with Crippen molar-refractivity contribution < 1.29 is 9.90 Å². The van der Waals surface area contributed by atoms with Crippen molar-refractivity contribution in [2.24, 2.45) is 17.3 Å². The Bertz CT molecular complexity index is 1050. The van der Waals surface area contributed by atoms with Crippen molar-refractivity contribution in [1.82, 2.24) is 14.5 Å². The van der Waals surface area contributed by atoms with Gasteiger partial charge < -0.3 is 10.0 Å². The molecular formula is C26H37N3O3S. The minimum absolute atomic E-state index is 0.0470. The van der Waals surface area contributed by atoms with Crippen LogP contribution in [0.2, 0.25) is 0 Å². The van der Waals surface area contributed by atoms with Gasteiger partial charge in [-0.1, -0.05) is 51.9 Å². The average molecular weight is 472 g/mol. The third-order valence-corrected chi connectivity index (χ3v) is 9.74. The number of piperidine rings is 1. The van der Waals surface area contributed by atoms with Crippen molar-refractivity contribution >= 4 is 27.5 Å². The number of carbonyl (C=O) groups is 1. The van der Waals surface area contributed by atoms with E-state index in [0.717, 1.165) is 37.6 Å². The molecular weight excluding hydrogens is 434 g/mol. The largest absolute Gasteiger partial charge is 0.387 e. The number of aliphatic hydroxyl groups is 1. The summed E-state index contributed by atoms with van der Waals surface area (Å²) < 4.78 is 2.24. The molecule has 1 unspecified atom stereocenters. The molecule has 180 valence electrons. The van der Waals surface area contributed by atoms with Crippen molar-refractivity contribution in [3.63, 3.8) is 0 Å². The molecule has 0 aromatic carbocycles. The summed E-state index contributed by atoms with van der Waals surface area (Å²) in [6.07, 6.45) is 13.5. The molecule has 7 heteroatoms. The van der Waals surface area contributed by atoms with Crippen molar-refractivity contribution in [2.45, 2.75) is 89.7 Å². The Morgan fingerprint density at radius 3 is 2.73 bits per heavy atom. The zero-order valence-electron chi connectivity index (χ0n) is 19.8. The van der Waals surface area contributed by atoms with Crippen molar-refractivity contribution in [1.29, 1.82) is 0 Å². The highest BCUT2D eigenvalue weighted by atomic mass is 32.1. The molecule has 2 aromatic rings. The molecule has 2 aliphatic carbocycles. The fraction of sp³-hybridized carbons (Fsp3) is 0.731. The van der Waals surface area contributed by atoms with Gasteiger partial charge in [0.15, 0.2) is 0 Å². The molecule has 6 nitrogen and oxygen atoms in total. The molecule has 3 aliphatic rings. The summed E-state index contributed by atoms with van der Waals surface area (Å²) in [4.78, 5) is 32.9. The van der Waals surface area contributed by atoms with E-state index in [1.165, 1.54) is 43.4 Å². The van der Waals surface area contributed by atoms with Crippen LogP contribution in [0.3, 0.4) is 0 Å². The summed E-state index contributed by atoms with van der Waals surface area (Å²) in [5.41, 5.74) is -0.689. The first-order chi connectivity index (χ1) is 15.9. The van der Waals surface area contributed by atoms with Gasteiger partial charge in [0, 0.05) is 24.4 Å². The van der Waals surface area contributed by atoms with E-state index in [9.17, 15) is 14.7 Å². The lowest BCUT2D eigenvalue weighted by Crippen LogP contribution is -2.62. The van der Waals surface area contributed by atoms with Crippen LogP contribution in [-0.4, -0.2) is 44.2 Å². The quantitative estimate of drug-likeness (QED) is 0.692. The highest BCUT2D eigenvalue weighted by molar-refractivity contribution is 7.17. The van der Waals surface area contributed by atoms with Gasteiger partial charge in [0.05, 0.1) is 24.0 Å². The third-order valence-electron chi connectivity index (χ3n) is 8.85. The van der Waals surface area contributed by atoms with Crippen LogP contribution in [-0.2, 0) is 11.3 Å². The van der Waals surface area contributed by atoms with Crippen LogP contribution in [0.1, 0.15) is 77.6 Å². The van der Waals surface area contributed by atoms with Crippen molar-refractivity contribution in [3.05, 3.63) is 28.1 Å². The Kier molecular flexibility index (Phi) is 6.38. The summed E-state index contributed by atoms with van der Waals surface area (Å²) in [7, 11) is 0. The highest BCUT2D eigenvalue weighted by Gasteiger charge is 2.55. The van der Waals surface area contributed by atoms with E-state index in [1.54, 1.807) is 10.9 Å². The Balaban J connectivity index is 1.33. The molecule has 1 spiro atoms. The number of hydrogen-bond donors (Lipinski definition) is 1. The number of rotatable bonds is 5. The van der Waals surface area contributed by atoms with Crippen LogP contribution in [0, 0.1) is 17.3 Å². The summed E-state index contributed by atoms with van der Waals surface area (Å²) in [6, 6.07) is 1.86. The smallest absolute Gasteiger partial charge is 0.271 e. The second kappa shape index (κ2) is 9.14. The number of carbonyl (C=O) groups excluding carboxylic acids is 1. The van der Waals surface area contributed by atoms with Crippen LogP contribution < -0.4 is 5.56 Å².